The second-order valence-corrected chi connectivity index (χ2v) is 4.72. The van der Waals surface area contributed by atoms with Crippen molar-refractivity contribution in [3.8, 4) is 0 Å². The predicted molar refractivity (Wildman–Crippen MR) is 62.9 cm³/mol. The Morgan fingerprint density at radius 3 is 2.69 bits per heavy atom. The first-order valence-electron chi connectivity index (χ1n) is 6.04. The Kier molecular flexibility index (Phi) is 5.53. The van der Waals surface area contributed by atoms with Crippen LogP contribution in [0.1, 0.15) is 33.1 Å². The van der Waals surface area contributed by atoms with Crippen LogP contribution in [0.3, 0.4) is 0 Å². The lowest BCUT2D eigenvalue weighted by molar-refractivity contribution is -0.144. The van der Waals surface area contributed by atoms with E-state index in [1.165, 1.54) is 19.8 Å². The summed E-state index contributed by atoms with van der Waals surface area (Å²) in [5, 5.41) is 8.86. The maximum absolute atomic E-state index is 10.7. The molecule has 0 aromatic carbocycles. The minimum Gasteiger partial charge on any atom is -0.466 e. The Morgan fingerprint density at radius 1 is 1.50 bits per heavy atom. The average molecular weight is 226 g/mol. The van der Waals surface area contributed by atoms with Crippen LogP contribution in [-0.4, -0.2) is 24.3 Å². The van der Waals surface area contributed by atoms with Crippen LogP contribution in [0.5, 0.6) is 0 Å². The van der Waals surface area contributed by atoms with Crippen molar-refractivity contribution in [2.45, 2.75) is 33.1 Å². The fraction of sp³-hybridized carbons (Fsp3) is 0.769. The Morgan fingerprint density at radius 2 is 2.19 bits per heavy atom. The molecule has 3 nitrogen and oxygen atoms in total. The number of rotatable bonds is 6. The molecule has 0 saturated heterocycles. The number of esters is 1. The van der Waals surface area contributed by atoms with Crippen LogP contribution < -0.4 is 0 Å². The molecule has 0 aromatic heterocycles. The number of allylic oxidation sites excluding steroid dienone is 1. The second kappa shape index (κ2) is 6.69. The molecule has 3 atom stereocenters. The zero-order chi connectivity index (χ0) is 12.0. The van der Waals surface area contributed by atoms with Gasteiger partial charge in [0.1, 0.15) is 0 Å². The minimum atomic E-state index is -0.185. The van der Waals surface area contributed by atoms with Crippen molar-refractivity contribution in [1.29, 1.82) is 0 Å². The summed E-state index contributed by atoms with van der Waals surface area (Å²) in [5.74, 6) is 1.25. The molecule has 1 fully saturated rings. The van der Waals surface area contributed by atoms with Gasteiger partial charge in [-0.3, -0.25) is 4.79 Å². The maximum Gasteiger partial charge on any atom is 0.302 e. The average Bonchev–Trinajstić information content (AvgIpc) is 2.22. The first-order chi connectivity index (χ1) is 7.63. The van der Waals surface area contributed by atoms with Crippen molar-refractivity contribution < 1.29 is 14.6 Å². The number of hydrogen-bond acceptors (Lipinski definition) is 3. The van der Waals surface area contributed by atoms with Crippen molar-refractivity contribution in [3.63, 3.8) is 0 Å². The largest absolute Gasteiger partial charge is 0.466 e. The van der Waals surface area contributed by atoms with Gasteiger partial charge >= 0.3 is 5.97 Å². The minimum absolute atomic E-state index is 0.185. The molecular weight excluding hydrogens is 204 g/mol. The number of aliphatic hydroxyl groups is 1. The lowest BCUT2D eigenvalue weighted by Gasteiger charge is -2.35. The summed E-state index contributed by atoms with van der Waals surface area (Å²) in [4.78, 5) is 10.7. The van der Waals surface area contributed by atoms with Gasteiger partial charge in [0, 0.05) is 13.5 Å². The van der Waals surface area contributed by atoms with Crippen LogP contribution in [-0.2, 0) is 9.53 Å². The lowest BCUT2D eigenvalue weighted by atomic mass is 9.72. The SMILES string of the molecule is CC(=O)OC[C@H]1CC[C@H]1C/C=C\C(C)CO. The second-order valence-electron chi connectivity index (χ2n) is 4.72. The van der Waals surface area contributed by atoms with Gasteiger partial charge in [-0.1, -0.05) is 19.1 Å². The first kappa shape index (κ1) is 13.2. The summed E-state index contributed by atoms with van der Waals surface area (Å²) < 4.78 is 5.02. The van der Waals surface area contributed by atoms with Gasteiger partial charge in [-0.05, 0) is 37.0 Å². The Hall–Kier alpha value is -0.830. The number of ether oxygens (including phenoxy) is 1. The molecular formula is C13H22O3. The monoisotopic (exact) mass is 226 g/mol. The molecule has 3 heteroatoms. The van der Waals surface area contributed by atoms with Crippen LogP contribution in [0.4, 0.5) is 0 Å². The fourth-order valence-electron chi connectivity index (χ4n) is 1.94. The van der Waals surface area contributed by atoms with Gasteiger partial charge in [0.05, 0.1) is 6.61 Å². The maximum atomic E-state index is 10.7. The summed E-state index contributed by atoms with van der Waals surface area (Å²) in [6.45, 7) is 4.23. The normalized spacial score (nSPS) is 26.4. The number of aliphatic hydroxyl groups excluding tert-OH is 1. The molecule has 92 valence electrons. The zero-order valence-corrected chi connectivity index (χ0v) is 10.2. The van der Waals surface area contributed by atoms with E-state index in [0.717, 1.165) is 6.42 Å². The van der Waals surface area contributed by atoms with Gasteiger partial charge in [0.15, 0.2) is 0 Å². The predicted octanol–water partition coefficient (Wildman–Crippen LogP) is 2.15. The highest BCUT2D eigenvalue weighted by Crippen LogP contribution is 2.37. The molecule has 1 aliphatic carbocycles. The van der Waals surface area contributed by atoms with Crippen LogP contribution in [0.15, 0.2) is 12.2 Å². The fourth-order valence-corrected chi connectivity index (χ4v) is 1.94. The molecule has 1 N–H and O–H groups in total. The zero-order valence-electron chi connectivity index (χ0n) is 10.2. The smallest absolute Gasteiger partial charge is 0.302 e. The van der Waals surface area contributed by atoms with Crippen molar-refractivity contribution in [1.82, 2.24) is 0 Å². The molecule has 0 heterocycles. The topological polar surface area (TPSA) is 46.5 Å². The molecule has 1 rings (SSSR count). The Balaban J connectivity index is 2.18. The van der Waals surface area contributed by atoms with E-state index >= 15 is 0 Å². The van der Waals surface area contributed by atoms with Gasteiger partial charge in [0.2, 0.25) is 0 Å². The molecule has 0 bridgehead atoms. The van der Waals surface area contributed by atoms with E-state index in [1.54, 1.807) is 0 Å². The van der Waals surface area contributed by atoms with Crippen molar-refractivity contribution in [2.24, 2.45) is 17.8 Å². The number of hydrogen-bond donors (Lipinski definition) is 1. The van der Waals surface area contributed by atoms with E-state index in [9.17, 15) is 4.79 Å². The van der Waals surface area contributed by atoms with E-state index in [0.29, 0.717) is 18.4 Å². The molecule has 0 amide bonds. The van der Waals surface area contributed by atoms with Gasteiger partial charge in [-0.15, -0.1) is 0 Å². The van der Waals surface area contributed by atoms with E-state index < -0.39 is 0 Å². The summed E-state index contributed by atoms with van der Waals surface area (Å²) in [5.41, 5.74) is 0. The van der Waals surface area contributed by atoms with Gasteiger partial charge in [-0.2, -0.15) is 0 Å². The molecule has 0 spiro atoms. The first-order valence-corrected chi connectivity index (χ1v) is 6.04. The van der Waals surface area contributed by atoms with Crippen LogP contribution >= 0.6 is 0 Å². The van der Waals surface area contributed by atoms with Gasteiger partial charge in [0.25, 0.3) is 0 Å². The van der Waals surface area contributed by atoms with Crippen LogP contribution in [0.2, 0.25) is 0 Å². The summed E-state index contributed by atoms with van der Waals surface area (Å²) in [6.07, 6.45) is 7.63. The molecule has 1 aliphatic rings. The molecule has 0 aliphatic heterocycles. The number of carbonyl (C=O) groups is 1. The van der Waals surface area contributed by atoms with Crippen molar-refractivity contribution >= 4 is 5.97 Å². The standard InChI is InChI=1S/C13H22O3/c1-10(8-14)4-3-5-12-6-7-13(12)9-16-11(2)15/h3-4,10,12-14H,5-9H2,1-2H3/b4-3-/t10?,12-,13-/m1/s1. The molecule has 16 heavy (non-hydrogen) atoms. The van der Waals surface area contributed by atoms with Gasteiger partial charge < -0.3 is 9.84 Å². The highest BCUT2D eigenvalue weighted by Gasteiger charge is 2.30. The molecule has 1 unspecified atom stereocenters. The van der Waals surface area contributed by atoms with E-state index in [4.69, 9.17) is 9.84 Å². The summed E-state index contributed by atoms with van der Waals surface area (Å²) in [6, 6.07) is 0. The third kappa shape index (κ3) is 4.35. The van der Waals surface area contributed by atoms with E-state index in [1.807, 2.05) is 6.92 Å². The third-order valence-electron chi connectivity index (χ3n) is 3.27. The third-order valence-corrected chi connectivity index (χ3v) is 3.27. The summed E-state index contributed by atoms with van der Waals surface area (Å²) >= 11 is 0. The van der Waals surface area contributed by atoms with E-state index in [2.05, 4.69) is 12.2 Å². The Labute approximate surface area is 97.5 Å². The number of carbonyl (C=O) groups excluding carboxylic acids is 1. The van der Waals surface area contributed by atoms with Crippen molar-refractivity contribution in [2.75, 3.05) is 13.2 Å². The van der Waals surface area contributed by atoms with Crippen molar-refractivity contribution in [3.05, 3.63) is 12.2 Å². The summed E-state index contributed by atoms with van der Waals surface area (Å²) in [7, 11) is 0. The van der Waals surface area contributed by atoms with E-state index in [-0.39, 0.29) is 18.5 Å². The Bertz CT molecular complexity index is 248. The lowest BCUT2D eigenvalue weighted by Crippen LogP contribution is -2.30. The molecule has 0 aromatic rings. The van der Waals surface area contributed by atoms with Crippen LogP contribution in [0, 0.1) is 17.8 Å². The highest BCUT2D eigenvalue weighted by molar-refractivity contribution is 5.65. The quantitative estimate of drug-likeness (QED) is 0.557. The molecule has 0 radical (unpaired) electrons. The molecule has 1 saturated carbocycles. The highest BCUT2D eigenvalue weighted by atomic mass is 16.5. The van der Waals surface area contributed by atoms with Crippen LogP contribution in [0.25, 0.3) is 0 Å². The van der Waals surface area contributed by atoms with Gasteiger partial charge in [-0.25, -0.2) is 0 Å².